The highest BCUT2D eigenvalue weighted by molar-refractivity contribution is 6.18. The van der Waals surface area contributed by atoms with Crippen LogP contribution in [0.4, 0.5) is 17.1 Å². The lowest BCUT2D eigenvalue weighted by atomic mass is 9.95. The van der Waals surface area contributed by atoms with Crippen molar-refractivity contribution in [1.82, 2.24) is 0 Å². The van der Waals surface area contributed by atoms with E-state index in [0.29, 0.717) is 0 Å². The quantitative estimate of drug-likeness (QED) is 0.184. The average molecular weight is 612 g/mol. The van der Waals surface area contributed by atoms with Gasteiger partial charge in [0.1, 0.15) is 11.2 Å². The van der Waals surface area contributed by atoms with Crippen LogP contribution in [0.25, 0.3) is 76.2 Å². The third kappa shape index (κ3) is 4.13. The molecule has 0 aliphatic heterocycles. The summed E-state index contributed by atoms with van der Waals surface area (Å²) in [6.45, 7) is 0. The molecule has 0 aliphatic carbocycles. The van der Waals surface area contributed by atoms with Crippen LogP contribution >= 0.6 is 0 Å². The van der Waals surface area contributed by atoms with Crippen molar-refractivity contribution in [3.63, 3.8) is 0 Å². The van der Waals surface area contributed by atoms with Crippen molar-refractivity contribution in [3.8, 4) is 11.1 Å². The fourth-order valence-corrected chi connectivity index (χ4v) is 7.58. The lowest BCUT2D eigenvalue weighted by Gasteiger charge is -2.30. The highest BCUT2D eigenvalue weighted by Gasteiger charge is 2.22. The zero-order valence-corrected chi connectivity index (χ0v) is 26.1. The van der Waals surface area contributed by atoms with Gasteiger partial charge in [0.25, 0.3) is 0 Å². The number of hydrogen-bond donors (Lipinski definition) is 0. The van der Waals surface area contributed by atoms with Crippen LogP contribution in [0, 0.1) is 0 Å². The molecule has 0 spiro atoms. The largest absolute Gasteiger partial charge is 0.456 e. The van der Waals surface area contributed by atoms with E-state index >= 15 is 0 Å². The van der Waals surface area contributed by atoms with Crippen molar-refractivity contribution in [2.45, 2.75) is 0 Å². The maximum Gasteiger partial charge on any atom is 0.136 e. The highest BCUT2D eigenvalue weighted by atomic mass is 16.3. The van der Waals surface area contributed by atoms with Gasteiger partial charge in [0, 0.05) is 27.4 Å². The first-order chi connectivity index (χ1) is 23.8. The van der Waals surface area contributed by atoms with Crippen LogP contribution in [-0.4, -0.2) is 0 Å². The van der Waals surface area contributed by atoms with Crippen LogP contribution in [0.15, 0.2) is 180 Å². The summed E-state index contributed by atoms with van der Waals surface area (Å²) in [6.07, 6.45) is 0. The van der Waals surface area contributed by atoms with E-state index < -0.39 is 0 Å². The van der Waals surface area contributed by atoms with Crippen molar-refractivity contribution >= 4 is 82.1 Å². The predicted octanol–water partition coefficient (Wildman–Crippen LogP) is 13.3. The van der Waals surface area contributed by atoms with E-state index in [1.54, 1.807) is 0 Å². The van der Waals surface area contributed by atoms with Gasteiger partial charge in [-0.05, 0) is 85.7 Å². The predicted molar refractivity (Wildman–Crippen MR) is 204 cm³/mol. The molecule has 0 unspecified atom stereocenters. The molecular weight excluding hydrogens is 583 g/mol. The fourth-order valence-electron chi connectivity index (χ4n) is 7.58. The average Bonchev–Trinajstić information content (AvgIpc) is 3.52. The van der Waals surface area contributed by atoms with E-state index in [4.69, 9.17) is 4.42 Å². The van der Waals surface area contributed by atoms with Gasteiger partial charge in [-0.3, -0.25) is 0 Å². The molecule has 0 amide bonds. The number of fused-ring (bicyclic) bond motifs is 8. The van der Waals surface area contributed by atoms with E-state index in [1.165, 1.54) is 43.1 Å². The molecule has 0 saturated heterocycles. The molecule has 1 heterocycles. The molecule has 0 aliphatic rings. The molecule has 2 heteroatoms. The molecule has 10 aromatic rings. The van der Waals surface area contributed by atoms with Gasteiger partial charge in [-0.25, -0.2) is 0 Å². The standard InChI is InChI=1S/C46H29NO/c1-2-13-31-26-35(25-24-30(31)12-1)47(43-28-34-16-5-6-17-36(34)37-18-7-8-19-38(37)43)42-22-10-9-20-39(42)40-21-11-23-44-46(40)41-27-32-14-3-4-15-33(32)29-45(41)48-44/h1-29H. The van der Waals surface area contributed by atoms with E-state index in [1.807, 2.05) is 0 Å². The van der Waals surface area contributed by atoms with Gasteiger partial charge in [-0.15, -0.1) is 0 Å². The SMILES string of the molecule is c1ccc(N(c2ccc3ccccc3c2)c2cc3ccccc3c3ccccc23)c(-c2cccc3oc4cc5ccccc5cc4c23)c1. The second-order valence-corrected chi connectivity index (χ2v) is 12.5. The van der Waals surface area contributed by atoms with Crippen molar-refractivity contribution in [2.75, 3.05) is 4.90 Å². The Morgan fingerprint density at radius 3 is 1.79 bits per heavy atom. The molecule has 224 valence electrons. The molecule has 48 heavy (non-hydrogen) atoms. The first-order valence-corrected chi connectivity index (χ1v) is 16.4. The van der Waals surface area contributed by atoms with Crippen LogP contribution < -0.4 is 4.90 Å². The molecule has 0 saturated carbocycles. The Balaban J connectivity index is 1.30. The summed E-state index contributed by atoms with van der Waals surface area (Å²) in [4.78, 5) is 2.45. The second kappa shape index (κ2) is 10.6. The van der Waals surface area contributed by atoms with Crippen molar-refractivity contribution in [3.05, 3.63) is 176 Å². The van der Waals surface area contributed by atoms with Gasteiger partial charge in [-0.1, -0.05) is 133 Å². The molecule has 2 nitrogen and oxygen atoms in total. The Bertz CT molecular complexity index is 2860. The number of furan rings is 1. The minimum absolute atomic E-state index is 0.890. The van der Waals surface area contributed by atoms with Crippen LogP contribution in [0.1, 0.15) is 0 Å². The van der Waals surface area contributed by atoms with Crippen LogP contribution in [0.3, 0.4) is 0 Å². The smallest absolute Gasteiger partial charge is 0.136 e. The lowest BCUT2D eigenvalue weighted by molar-refractivity contribution is 0.669. The van der Waals surface area contributed by atoms with Crippen LogP contribution in [-0.2, 0) is 0 Å². The maximum absolute atomic E-state index is 6.53. The summed E-state index contributed by atoms with van der Waals surface area (Å²) in [5.41, 5.74) is 7.44. The number of nitrogens with zero attached hydrogens (tertiary/aromatic N) is 1. The summed E-state index contributed by atoms with van der Waals surface area (Å²) < 4.78 is 6.53. The van der Waals surface area contributed by atoms with E-state index in [2.05, 4.69) is 181 Å². The van der Waals surface area contributed by atoms with E-state index in [-0.39, 0.29) is 0 Å². The molecule has 10 rings (SSSR count). The van der Waals surface area contributed by atoms with Crippen LogP contribution in [0.5, 0.6) is 0 Å². The fraction of sp³-hybridized carbons (Fsp3) is 0. The third-order valence-corrected chi connectivity index (χ3v) is 9.78. The van der Waals surface area contributed by atoms with Crippen molar-refractivity contribution in [2.24, 2.45) is 0 Å². The molecule has 1 aromatic heterocycles. The zero-order valence-electron chi connectivity index (χ0n) is 26.1. The molecule has 9 aromatic carbocycles. The minimum atomic E-state index is 0.890. The monoisotopic (exact) mass is 611 g/mol. The highest BCUT2D eigenvalue weighted by Crippen LogP contribution is 2.48. The molecule has 0 fully saturated rings. The summed E-state index contributed by atoms with van der Waals surface area (Å²) in [7, 11) is 0. The molecule has 0 atom stereocenters. The van der Waals surface area contributed by atoms with Gasteiger partial charge in [-0.2, -0.15) is 0 Å². The first kappa shape index (κ1) is 26.8. The normalized spacial score (nSPS) is 11.8. The maximum atomic E-state index is 6.53. The number of para-hydroxylation sites is 1. The van der Waals surface area contributed by atoms with Gasteiger partial charge >= 0.3 is 0 Å². The summed E-state index contributed by atoms with van der Waals surface area (Å²) in [5, 5.41) is 12.0. The Morgan fingerprint density at radius 1 is 0.333 bits per heavy atom. The molecular formula is C46H29NO. The minimum Gasteiger partial charge on any atom is -0.456 e. The van der Waals surface area contributed by atoms with Gasteiger partial charge in [0.2, 0.25) is 0 Å². The van der Waals surface area contributed by atoms with E-state index in [0.717, 1.165) is 50.1 Å². The van der Waals surface area contributed by atoms with Gasteiger partial charge < -0.3 is 9.32 Å². The molecule has 0 bridgehead atoms. The summed E-state index contributed by atoms with van der Waals surface area (Å²) >= 11 is 0. The summed E-state index contributed by atoms with van der Waals surface area (Å²) in [6, 6.07) is 63.4. The van der Waals surface area contributed by atoms with Crippen molar-refractivity contribution < 1.29 is 4.42 Å². The topological polar surface area (TPSA) is 16.4 Å². The van der Waals surface area contributed by atoms with Gasteiger partial charge in [0.05, 0.1) is 11.4 Å². The lowest BCUT2D eigenvalue weighted by Crippen LogP contribution is -2.12. The number of hydrogen-bond acceptors (Lipinski definition) is 2. The second-order valence-electron chi connectivity index (χ2n) is 12.5. The Labute approximate surface area is 277 Å². The Morgan fingerprint density at radius 2 is 0.958 bits per heavy atom. The van der Waals surface area contributed by atoms with E-state index in [9.17, 15) is 0 Å². The van der Waals surface area contributed by atoms with Crippen LogP contribution in [0.2, 0.25) is 0 Å². The molecule has 0 N–H and O–H groups in total. The third-order valence-electron chi connectivity index (χ3n) is 9.78. The number of anilines is 3. The Kier molecular flexibility index (Phi) is 5.91. The first-order valence-electron chi connectivity index (χ1n) is 16.4. The summed E-state index contributed by atoms with van der Waals surface area (Å²) in [5.74, 6) is 0. The number of rotatable bonds is 4. The van der Waals surface area contributed by atoms with Crippen molar-refractivity contribution in [1.29, 1.82) is 0 Å². The zero-order chi connectivity index (χ0) is 31.6. The molecule has 0 radical (unpaired) electrons. The Hall–Kier alpha value is -6.38. The van der Waals surface area contributed by atoms with Gasteiger partial charge in [0.15, 0.2) is 0 Å². The number of benzene rings is 9.